The number of carbonyl (C=O) groups excluding carboxylic acids is 1. The molecule has 2 N–H and O–H groups in total. The Balaban J connectivity index is 1.82. The molecule has 0 saturated heterocycles. The van der Waals surface area contributed by atoms with E-state index in [9.17, 15) is 4.79 Å². The summed E-state index contributed by atoms with van der Waals surface area (Å²) in [5.41, 5.74) is 0.615. The Bertz CT molecular complexity index is 310. The Hall–Kier alpha value is -1.65. The van der Waals surface area contributed by atoms with E-state index in [0.29, 0.717) is 11.7 Å². The molecule has 0 atom stereocenters. The van der Waals surface area contributed by atoms with Gasteiger partial charge in [0, 0.05) is 6.04 Å². The van der Waals surface area contributed by atoms with Crippen LogP contribution in [0.3, 0.4) is 0 Å². The van der Waals surface area contributed by atoms with Gasteiger partial charge in [-0.1, -0.05) is 0 Å². The monoisotopic (exact) mass is 192 g/mol. The fourth-order valence-corrected chi connectivity index (χ4v) is 1.27. The van der Waals surface area contributed by atoms with Crippen molar-refractivity contribution in [3.8, 4) is 0 Å². The minimum absolute atomic E-state index is 0.176. The highest BCUT2D eigenvalue weighted by Gasteiger charge is 2.19. The van der Waals surface area contributed by atoms with E-state index in [4.69, 9.17) is 0 Å². The minimum Gasteiger partial charge on any atom is -0.335 e. The number of amides is 2. The number of anilines is 1. The molecule has 0 aromatic carbocycles. The first-order chi connectivity index (χ1) is 6.84. The molecule has 74 valence electrons. The lowest BCUT2D eigenvalue weighted by Gasteiger charge is -2.26. The third kappa shape index (κ3) is 2.18. The first-order valence-corrected chi connectivity index (χ1v) is 4.67. The fraction of sp³-hybridized carbons (Fsp3) is 0.444. The summed E-state index contributed by atoms with van der Waals surface area (Å²) in [6.07, 6.45) is 7.92. The van der Waals surface area contributed by atoms with E-state index in [1.54, 1.807) is 12.4 Å². The normalized spacial score (nSPS) is 15.7. The molecule has 0 bridgehead atoms. The Morgan fingerprint density at radius 2 is 2.07 bits per heavy atom. The van der Waals surface area contributed by atoms with Gasteiger partial charge in [0.2, 0.25) is 0 Å². The van der Waals surface area contributed by atoms with Crippen LogP contribution in [-0.4, -0.2) is 22.0 Å². The second-order valence-corrected chi connectivity index (χ2v) is 3.35. The maximum absolute atomic E-state index is 11.3. The van der Waals surface area contributed by atoms with Gasteiger partial charge in [-0.05, 0) is 19.3 Å². The van der Waals surface area contributed by atoms with E-state index in [1.165, 1.54) is 12.7 Å². The molecule has 1 aromatic heterocycles. The molecule has 5 heteroatoms. The molecular formula is C9H12N4O. The highest BCUT2D eigenvalue weighted by atomic mass is 16.2. The van der Waals surface area contributed by atoms with Crippen molar-refractivity contribution in [2.45, 2.75) is 25.3 Å². The van der Waals surface area contributed by atoms with E-state index in [2.05, 4.69) is 20.6 Å². The molecule has 0 unspecified atom stereocenters. The average molecular weight is 192 g/mol. The summed E-state index contributed by atoms with van der Waals surface area (Å²) < 4.78 is 0. The molecule has 1 saturated carbocycles. The van der Waals surface area contributed by atoms with Crippen LogP contribution in [0.1, 0.15) is 19.3 Å². The topological polar surface area (TPSA) is 66.9 Å². The van der Waals surface area contributed by atoms with Crippen molar-refractivity contribution >= 4 is 11.7 Å². The van der Waals surface area contributed by atoms with E-state index >= 15 is 0 Å². The SMILES string of the molecule is O=C(Nc1cncnc1)NC1CCC1. The van der Waals surface area contributed by atoms with Gasteiger partial charge in [-0.25, -0.2) is 14.8 Å². The van der Waals surface area contributed by atoms with Crippen molar-refractivity contribution in [2.24, 2.45) is 0 Å². The zero-order valence-electron chi connectivity index (χ0n) is 7.73. The summed E-state index contributed by atoms with van der Waals surface area (Å²) in [5, 5.41) is 5.53. The van der Waals surface area contributed by atoms with Crippen LogP contribution in [0.4, 0.5) is 10.5 Å². The van der Waals surface area contributed by atoms with E-state index in [-0.39, 0.29) is 6.03 Å². The highest BCUT2D eigenvalue weighted by Crippen LogP contribution is 2.17. The molecule has 14 heavy (non-hydrogen) atoms. The van der Waals surface area contributed by atoms with Gasteiger partial charge in [0.25, 0.3) is 0 Å². The molecule has 1 aliphatic rings. The highest BCUT2D eigenvalue weighted by molar-refractivity contribution is 5.89. The van der Waals surface area contributed by atoms with E-state index < -0.39 is 0 Å². The molecule has 1 aromatic rings. The van der Waals surface area contributed by atoms with E-state index in [0.717, 1.165) is 12.8 Å². The first-order valence-electron chi connectivity index (χ1n) is 4.67. The van der Waals surface area contributed by atoms with Crippen molar-refractivity contribution in [3.63, 3.8) is 0 Å². The Labute approximate surface area is 82.0 Å². The summed E-state index contributed by atoms with van der Waals surface area (Å²) >= 11 is 0. The zero-order chi connectivity index (χ0) is 9.80. The lowest BCUT2D eigenvalue weighted by Crippen LogP contribution is -2.41. The molecule has 0 aliphatic heterocycles. The van der Waals surface area contributed by atoms with Crippen LogP contribution in [0, 0.1) is 0 Å². The molecule has 2 rings (SSSR count). The molecule has 0 radical (unpaired) electrons. The standard InChI is InChI=1S/C9H12N4O/c14-9(12-7-2-1-3-7)13-8-4-10-6-11-5-8/h4-7H,1-3H2,(H2,12,13,14). The molecule has 1 aliphatic carbocycles. The molecule has 2 amide bonds. The van der Waals surface area contributed by atoms with Crippen LogP contribution in [0.2, 0.25) is 0 Å². The van der Waals surface area contributed by atoms with Crippen molar-refractivity contribution in [2.75, 3.05) is 5.32 Å². The summed E-state index contributed by atoms with van der Waals surface area (Å²) in [6, 6.07) is 0.170. The second kappa shape index (κ2) is 4.04. The van der Waals surface area contributed by atoms with Crippen LogP contribution in [0.5, 0.6) is 0 Å². The Morgan fingerprint density at radius 3 is 2.64 bits per heavy atom. The molecule has 1 heterocycles. The molecular weight excluding hydrogens is 180 g/mol. The number of urea groups is 1. The minimum atomic E-state index is -0.176. The smallest absolute Gasteiger partial charge is 0.319 e. The van der Waals surface area contributed by atoms with Gasteiger partial charge in [-0.3, -0.25) is 0 Å². The predicted molar refractivity (Wildman–Crippen MR) is 51.8 cm³/mol. The lowest BCUT2D eigenvalue weighted by molar-refractivity contribution is 0.240. The number of hydrogen-bond donors (Lipinski definition) is 2. The molecule has 1 fully saturated rings. The molecule has 5 nitrogen and oxygen atoms in total. The lowest BCUT2D eigenvalue weighted by atomic mass is 9.93. The maximum atomic E-state index is 11.3. The quantitative estimate of drug-likeness (QED) is 0.738. The number of carbonyl (C=O) groups is 1. The summed E-state index contributed by atoms with van der Waals surface area (Å²) in [6.45, 7) is 0. The molecule has 0 spiro atoms. The van der Waals surface area contributed by atoms with Crippen molar-refractivity contribution in [3.05, 3.63) is 18.7 Å². The summed E-state index contributed by atoms with van der Waals surface area (Å²) in [4.78, 5) is 18.9. The van der Waals surface area contributed by atoms with Gasteiger partial charge in [-0.15, -0.1) is 0 Å². The van der Waals surface area contributed by atoms with Crippen molar-refractivity contribution < 1.29 is 4.79 Å². The first kappa shape index (κ1) is 8.93. The van der Waals surface area contributed by atoms with Gasteiger partial charge < -0.3 is 10.6 Å². The summed E-state index contributed by atoms with van der Waals surface area (Å²) in [7, 11) is 0. The predicted octanol–water partition coefficient (Wildman–Crippen LogP) is 1.15. The Kier molecular flexibility index (Phi) is 2.58. The zero-order valence-corrected chi connectivity index (χ0v) is 7.73. The summed E-state index contributed by atoms with van der Waals surface area (Å²) in [5.74, 6) is 0. The average Bonchev–Trinajstić information content (AvgIpc) is 2.13. The van der Waals surface area contributed by atoms with Crippen LogP contribution in [0.15, 0.2) is 18.7 Å². The van der Waals surface area contributed by atoms with Crippen molar-refractivity contribution in [1.82, 2.24) is 15.3 Å². The fourth-order valence-electron chi connectivity index (χ4n) is 1.27. The second-order valence-electron chi connectivity index (χ2n) is 3.35. The third-order valence-corrected chi connectivity index (χ3v) is 2.26. The number of nitrogens with zero attached hydrogens (tertiary/aromatic N) is 2. The van der Waals surface area contributed by atoms with Crippen LogP contribution in [0.25, 0.3) is 0 Å². The largest absolute Gasteiger partial charge is 0.335 e. The number of rotatable bonds is 2. The maximum Gasteiger partial charge on any atom is 0.319 e. The van der Waals surface area contributed by atoms with Crippen LogP contribution < -0.4 is 10.6 Å². The van der Waals surface area contributed by atoms with Crippen molar-refractivity contribution in [1.29, 1.82) is 0 Å². The van der Waals surface area contributed by atoms with Gasteiger partial charge >= 0.3 is 6.03 Å². The number of aromatic nitrogens is 2. The van der Waals surface area contributed by atoms with Crippen LogP contribution >= 0.6 is 0 Å². The van der Waals surface area contributed by atoms with E-state index in [1.807, 2.05) is 0 Å². The number of nitrogens with one attached hydrogen (secondary N) is 2. The van der Waals surface area contributed by atoms with Gasteiger partial charge in [0.05, 0.1) is 18.1 Å². The van der Waals surface area contributed by atoms with Gasteiger partial charge in [0.1, 0.15) is 6.33 Å². The van der Waals surface area contributed by atoms with Crippen LogP contribution in [-0.2, 0) is 0 Å². The number of hydrogen-bond acceptors (Lipinski definition) is 3. The Morgan fingerprint density at radius 1 is 1.36 bits per heavy atom. The van der Waals surface area contributed by atoms with Gasteiger partial charge in [-0.2, -0.15) is 0 Å². The third-order valence-electron chi connectivity index (χ3n) is 2.26. The van der Waals surface area contributed by atoms with Gasteiger partial charge in [0.15, 0.2) is 0 Å².